The molecule has 1 amide bonds. The van der Waals surface area contributed by atoms with Crippen molar-refractivity contribution in [3.63, 3.8) is 0 Å². The summed E-state index contributed by atoms with van der Waals surface area (Å²) < 4.78 is 0. The van der Waals surface area contributed by atoms with E-state index in [0.717, 1.165) is 35.5 Å². The van der Waals surface area contributed by atoms with Gasteiger partial charge >= 0.3 is 0 Å². The van der Waals surface area contributed by atoms with Gasteiger partial charge in [-0.05, 0) is 48.7 Å². The highest BCUT2D eigenvalue weighted by Gasteiger charge is 2.32. The molecule has 1 aliphatic heterocycles. The highest BCUT2D eigenvalue weighted by molar-refractivity contribution is 6.01. The van der Waals surface area contributed by atoms with Crippen LogP contribution < -0.4 is 10.2 Å². The van der Waals surface area contributed by atoms with E-state index in [-0.39, 0.29) is 11.9 Å². The van der Waals surface area contributed by atoms with Crippen molar-refractivity contribution in [2.75, 3.05) is 16.8 Å². The van der Waals surface area contributed by atoms with E-state index in [1.165, 1.54) is 5.56 Å². The fraction of sp³-hybridized carbons (Fsp3) is 0.200. The lowest BCUT2D eigenvalue weighted by atomic mass is 10.1. The maximum atomic E-state index is 12.8. The number of hydrogen-bond donors (Lipinski definition) is 2. The Hall–Kier alpha value is -3.08. The van der Waals surface area contributed by atoms with Gasteiger partial charge in [-0.1, -0.05) is 24.3 Å². The number of benzene rings is 2. The van der Waals surface area contributed by atoms with Crippen LogP contribution in [0.2, 0.25) is 0 Å². The molecule has 1 fully saturated rings. The Morgan fingerprint density at radius 1 is 1.16 bits per heavy atom. The van der Waals surface area contributed by atoms with Gasteiger partial charge in [-0.15, -0.1) is 0 Å². The normalized spacial score (nSPS) is 17.1. The molecule has 5 heteroatoms. The summed E-state index contributed by atoms with van der Waals surface area (Å²) in [5, 5.41) is 10.1. The average molecular weight is 332 g/mol. The zero-order valence-electron chi connectivity index (χ0n) is 14.1. The van der Waals surface area contributed by atoms with Crippen LogP contribution in [0, 0.1) is 6.92 Å². The first-order valence-electron chi connectivity index (χ1n) is 8.44. The van der Waals surface area contributed by atoms with Crippen molar-refractivity contribution in [3.05, 3.63) is 66.5 Å². The minimum Gasteiger partial charge on any atom is -0.374 e. The van der Waals surface area contributed by atoms with Crippen molar-refractivity contribution in [2.24, 2.45) is 0 Å². The largest absolute Gasteiger partial charge is 0.374 e. The molecule has 25 heavy (non-hydrogen) atoms. The summed E-state index contributed by atoms with van der Waals surface area (Å²) in [5.74, 6) is 0.123. The molecular formula is C20H20N4O. The lowest BCUT2D eigenvalue weighted by Gasteiger charge is -2.18. The minimum atomic E-state index is -0.171. The Bertz CT molecular complexity index is 871. The van der Waals surface area contributed by atoms with Crippen LogP contribution in [0.4, 0.5) is 11.4 Å². The molecule has 4 rings (SSSR count). The number of amides is 1. The number of carbonyl (C=O) groups is 1. The second-order valence-corrected chi connectivity index (χ2v) is 6.38. The topological polar surface area (TPSA) is 61.0 Å². The number of H-pyrrole nitrogens is 1. The second kappa shape index (κ2) is 6.43. The van der Waals surface area contributed by atoms with Gasteiger partial charge in [-0.2, -0.15) is 5.10 Å². The summed E-state index contributed by atoms with van der Waals surface area (Å²) in [7, 11) is 0. The summed E-state index contributed by atoms with van der Waals surface area (Å²) in [6, 6.07) is 16.0. The van der Waals surface area contributed by atoms with E-state index < -0.39 is 0 Å². The summed E-state index contributed by atoms with van der Waals surface area (Å²) in [5.41, 5.74) is 5.24. The molecule has 2 heterocycles. The quantitative estimate of drug-likeness (QED) is 0.767. The van der Waals surface area contributed by atoms with E-state index in [2.05, 4.69) is 34.6 Å². The van der Waals surface area contributed by atoms with Gasteiger partial charge in [0.15, 0.2) is 0 Å². The highest BCUT2D eigenvalue weighted by Crippen LogP contribution is 2.27. The second-order valence-electron chi connectivity index (χ2n) is 6.38. The fourth-order valence-electron chi connectivity index (χ4n) is 3.25. The zero-order chi connectivity index (χ0) is 17.2. The molecule has 2 N–H and O–H groups in total. The maximum absolute atomic E-state index is 12.8. The number of nitrogens with one attached hydrogen (secondary N) is 2. The molecule has 1 aliphatic rings. The molecule has 2 aromatic carbocycles. The van der Waals surface area contributed by atoms with Crippen molar-refractivity contribution in [1.82, 2.24) is 10.2 Å². The SMILES string of the molecule is Cc1cccc(NC2CCN(c3ccc(-c4cn[nH]c4)cc3)C2=O)c1. The van der Waals surface area contributed by atoms with Crippen molar-refractivity contribution < 1.29 is 4.79 Å². The first-order valence-corrected chi connectivity index (χ1v) is 8.44. The first-order chi connectivity index (χ1) is 12.2. The Labute approximate surface area is 146 Å². The number of aromatic amines is 1. The lowest BCUT2D eigenvalue weighted by molar-refractivity contribution is -0.117. The molecule has 1 aromatic heterocycles. The first kappa shape index (κ1) is 15.4. The number of aryl methyl sites for hydroxylation is 1. The molecule has 1 unspecified atom stereocenters. The Morgan fingerprint density at radius 3 is 2.72 bits per heavy atom. The number of hydrogen-bond acceptors (Lipinski definition) is 3. The molecule has 126 valence electrons. The molecule has 0 bridgehead atoms. The van der Waals surface area contributed by atoms with Crippen LogP contribution in [-0.4, -0.2) is 28.7 Å². The molecule has 5 nitrogen and oxygen atoms in total. The van der Waals surface area contributed by atoms with Gasteiger partial charge in [0.2, 0.25) is 5.91 Å². The average Bonchev–Trinajstić information content (AvgIpc) is 3.27. The minimum absolute atomic E-state index is 0.123. The van der Waals surface area contributed by atoms with Crippen LogP contribution in [0.5, 0.6) is 0 Å². The molecular weight excluding hydrogens is 312 g/mol. The van der Waals surface area contributed by atoms with Crippen LogP contribution in [0.3, 0.4) is 0 Å². The van der Waals surface area contributed by atoms with Gasteiger partial charge in [0.05, 0.1) is 6.20 Å². The van der Waals surface area contributed by atoms with Crippen molar-refractivity contribution in [2.45, 2.75) is 19.4 Å². The van der Waals surface area contributed by atoms with Gasteiger partial charge in [0, 0.05) is 29.7 Å². The third kappa shape index (κ3) is 3.13. The van der Waals surface area contributed by atoms with E-state index in [4.69, 9.17) is 0 Å². The van der Waals surface area contributed by atoms with Gasteiger partial charge in [-0.3, -0.25) is 9.89 Å². The van der Waals surface area contributed by atoms with Crippen LogP contribution in [0.15, 0.2) is 60.9 Å². The Balaban J connectivity index is 1.48. The van der Waals surface area contributed by atoms with Crippen LogP contribution in [-0.2, 0) is 4.79 Å². The van der Waals surface area contributed by atoms with E-state index in [1.807, 2.05) is 47.5 Å². The van der Waals surface area contributed by atoms with Crippen molar-refractivity contribution in [3.8, 4) is 11.1 Å². The van der Waals surface area contributed by atoms with Crippen LogP contribution in [0.25, 0.3) is 11.1 Å². The van der Waals surface area contributed by atoms with Gasteiger partial charge < -0.3 is 10.2 Å². The molecule has 0 radical (unpaired) electrons. The summed E-state index contributed by atoms with van der Waals surface area (Å²) in [6.45, 7) is 2.78. The Morgan fingerprint density at radius 2 is 2.00 bits per heavy atom. The van der Waals surface area contributed by atoms with Crippen LogP contribution in [0.1, 0.15) is 12.0 Å². The fourth-order valence-corrected chi connectivity index (χ4v) is 3.25. The van der Waals surface area contributed by atoms with Crippen molar-refractivity contribution >= 4 is 17.3 Å². The van der Waals surface area contributed by atoms with Crippen molar-refractivity contribution in [1.29, 1.82) is 0 Å². The van der Waals surface area contributed by atoms with Gasteiger partial charge in [-0.25, -0.2) is 0 Å². The smallest absolute Gasteiger partial charge is 0.249 e. The predicted molar refractivity (Wildman–Crippen MR) is 99.6 cm³/mol. The maximum Gasteiger partial charge on any atom is 0.249 e. The lowest BCUT2D eigenvalue weighted by Crippen LogP contribution is -2.33. The zero-order valence-corrected chi connectivity index (χ0v) is 14.1. The predicted octanol–water partition coefficient (Wildman–Crippen LogP) is 3.60. The number of aromatic nitrogens is 2. The number of nitrogens with zero attached hydrogens (tertiary/aromatic N) is 2. The van der Waals surface area contributed by atoms with E-state index in [1.54, 1.807) is 6.20 Å². The molecule has 1 atom stereocenters. The molecule has 0 saturated carbocycles. The van der Waals surface area contributed by atoms with Crippen LogP contribution >= 0.6 is 0 Å². The van der Waals surface area contributed by atoms with Gasteiger partial charge in [0.25, 0.3) is 0 Å². The van der Waals surface area contributed by atoms with E-state index in [9.17, 15) is 4.79 Å². The van der Waals surface area contributed by atoms with E-state index in [0.29, 0.717) is 0 Å². The third-order valence-electron chi connectivity index (χ3n) is 4.58. The molecule has 0 aliphatic carbocycles. The highest BCUT2D eigenvalue weighted by atomic mass is 16.2. The summed E-state index contributed by atoms with van der Waals surface area (Å²) in [4.78, 5) is 14.6. The number of anilines is 2. The van der Waals surface area contributed by atoms with E-state index >= 15 is 0 Å². The standard InChI is InChI=1S/C20H20N4O/c1-14-3-2-4-17(11-14)23-19-9-10-24(20(19)25)18-7-5-15(6-8-18)16-12-21-22-13-16/h2-8,11-13,19,23H,9-10H2,1H3,(H,21,22). The summed E-state index contributed by atoms with van der Waals surface area (Å²) >= 11 is 0. The number of rotatable bonds is 4. The molecule has 3 aromatic rings. The van der Waals surface area contributed by atoms with Gasteiger partial charge in [0.1, 0.15) is 6.04 Å². The summed E-state index contributed by atoms with van der Waals surface area (Å²) in [6.07, 6.45) is 4.45. The Kier molecular flexibility index (Phi) is 3.98. The monoisotopic (exact) mass is 332 g/mol. The molecule has 1 saturated heterocycles. The molecule has 0 spiro atoms. The third-order valence-corrected chi connectivity index (χ3v) is 4.58. The number of carbonyl (C=O) groups excluding carboxylic acids is 1.